The van der Waals surface area contributed by atoms with E-state index in [4.69, 9.17) is 4.74 Å². The first-order valence-corrected chi connectivity index (χ1v) is 12.5. The summed E-state index contributed by atoms with van der Waals surface area (Å²) in [6.07, 6.45) is 7.58. The Kier molecular flexibility index (Phi) is 6.35. The van der Waals surface area contributed by atoms with Crippen molar-refractivity contribution in [3.63, 3.8) is 0 Å². The number of hydrogen-bond acceptors (Lipinski definition) is 5. The van der Waals surface area contributed by atoms with Gasteiger partial charge in [0, 0.05) is 6.42 Å². The van der Waals surface area contributed by atoms with Crippen LogP contribution in [-0.2, 0) is 9.53 Å². The fourth-order valence-electron chi connectivity index (χ4n) is 8.83. The van der Waals surface area contributed by atoms with Gasteiger partial charge in [0.05, 0.1) is 24.6 Å². The zero-order valence-electron chi connectivity index (χ0n) is 19.5. The Morgan fingerprint density at radius 3 is 2.58 bits per heavy atom. The number of aliphatic hydroxyl groups excluding tert-OH is 3. The second-order valence-electron chi connectivity index (χ2n) is 11.7. The van der Waals surface area contributed by atoms with Gasteiger partial charge in [-0.05, 0) is 97.7 Å². The molecule has 0 radical (unpaired) electrons. The summed E-state index contributed by atoms with van der Waals surface area (Å²) in [7, 11) is 0. The second kappa shape index (κ2) is 8.46. The first-order chi connectivity index (χ1) is 14.6. The number of hydrogen-bond donors (Lipinski definition) is 3. The summed E-state index contributed by atoms with van der Waals surface area (Å²) >= 11 is 0. The Labute approximate surface area is 187 Å². The zero-order chi connectivity index (χ0) is 22.6. The third-order valence-electron chi connectivity index (χ3n) is 10.5. The van der Waals surface area contributed by atoms with Gasteiger partial charge in [-0.3, -0.25) is 4.79 Å². The quantitative estimate of drug-likeness (QED) is 0.449. The molecule has 4 fully saturated rings. The SMILES string of the molecule is C=COC(=O)CCC(C)C1CCC2C3C(O)CC4CC(O)CCC4(C)C3CC(O)C12C. The normalized spacial score (nSPS) is 50.0. The maximum Gasteiger partial charge on any atom is 0.310 e. The Bertz CT molecular complexity index is 693. The van der Waals surface area contributed by atoms with E-state index in [1.165, 1.54) is 6.26 Å². The van der Waals surface area contributed by atoms with Crippen LogP contribution in [0, 0.1) is 46.3 Å². The van der Waals surface area contributed by atoms with E-state index in [-0.39, 0.29) is 41.0 Å². The number of ether oxygens (including phenoxy) is 1. The molecule has 0 heterocycles. The minimum atomic E-state index is -0.386. The summed E-state index contributed by atoms with van der Waals surface area (Å²) in [5.41, 5.74) is -0.120. The van der Waals surface area contributed by atoms with Crippen molar-refractivity contribution in [3.8, 4) is 0 Å². The molecule has 176 valence electrons. The number of esters is 1. The fourth-order valence-corrected chi connectivity index (χ4v) is 8.83. The van der Waals surface area contributed by atoms with Gasteiger partial charge in [0.15, 0.2) is 0 Å². The number of carbonyl (C=O) groups is 1. The van der Waals surface area contributed by atoms with Gasteiger partial charge in [0.25, 0.3) is 0 Å². The third-order valence-corrected chi connectivity index (χ3v) is 10.5. The monoisotopic (exact) mass is 434 g/mol. The van der Waals surface area contributed by atoms with Gasteiger partial charge in [0.2, 0.25) is 0 Å². The second-order valence-corrected chi connectivity index (χ2v) is 11.7. The molecule has 0 bridgehead atoms. The lowest BCUT2D eigenvalue weighted by atomic mass is 9.43. The van der Waals surface area contributed by atoms with Crippen molar-refractivity contribution >= 4 is 5.97 Å². The van der Waals surface area contributed by atoms with Crippen LogP contribution in [0.15, 0.2) is 12.8 Å². The van der Waals surface area contributed by atoms with Crippen molar-refractivity contribution in [1.82, 2.24) is 0 Å². The molecule has 0 aromatic rings. The van der Waals surface area contributed by atoms with E-state index in [0.717, 1.165) is 51.4 Å². The molecule has 31 heavy (non-hydrogen) atoms. The Morgan fingerprint density at radius 2 is 1.87 bits per heavy atom. The van der Waals surface area contributed by atoms with Crippen LogP contribution in [0.25, 0.3) is 0 Å². The van der Waals surface area contributed by atoms with Crippen molar-refractivity contribution in [3.05, 3.63) is 12.8 Å². The number of aliphatic hydroxyl groups is 3. The molecular formula is C26H42O5. The Morgan fingerprint density at radius 1 is 1.13 bits per heavy atom. The van der Waals surface area contributed by atoms with Crippen LogP contribution in [0.5, 0.6) is 0 Å². The molecule has 0 amide bonds. The molecule has 0 aromatic carbocycles. The van der Waals surface area contributed by atoms with Crippen LogP contribution in [0.4, 0.5) is 0 Å². The Hall–Kier alpha value is -0.910. The zero-order valence-corrected chi connectivity index (χ0v) is 19.5. The standard InChI is InChI=1S/C26H42O5/c1-5-31-23(30)9-6-15(2)18-7-8-19-24-20(14-22(29)26(18,19)4)25(3)11-10-17(27)12-16(25)13-21(24)28/h5,15-22,24,27-29H,1,6-14H2,2-4H3. The predicted octanol–water partition coefficient (Wildman–Crippen LogP) is 4.05. The van der Waals surface area contributed by atoms with E-state index >= 15 is 0 Å². The van der Waals surface area contributed by atoms with E-state index in [1.807, 2.05) is 0 Å². The molecule has 0 aliphatic heterocycles. The van der Waals surface area contributed by atoms with Gasteiger partial charge in [-0.15, -0.1) is 0 Å². The summed E-state index contributed by atoms with van der Waals surface area (Å²) in [5, 5.41) is 33.1. The largest absolute Gasteiger partial charge is 0.435 e. The highest BCUT2D eigenvalue weighted by molar-refractivity contribution is 5.69. The highest BCUT2D eigenvalue weighted by atomic mass is 16.5. The highest BCUT2D eigenvalue weighted by Crippen LogP contribution is 2.68. The lowest BCUT2D eigenvalue weighted by Gasteiger charge is -2.63. The molecule has 4 aliphatic rings. The van der Waals surface area contributed by atoms with Gasteiger partial charge in [-0.1, -0.05) is 27.4 Å². The smallest absolute Gasteiger partial charge is 0.310 e. The fraction of sp³-hybridized carbons (Fsp3) is 0.885. The number of carbonyl (C=O) groups excluding carboxylic acids is 1. The van der Waals surface area contributed by atoms with E-state index in [2.05, 4.69) is 27.4 Å². The maximum absolute atomic E-state index is 11.8. The Balaban J connectivity index is 1.55. The molecule has 5 heteroatoms. The molecule has 11 atom stereocenters. The molecule has 0 saturated heterocycles. The first kappa shape index (κ1) is 23.3. The van der Waals surface area contributed by atoms with Crippen molar-refractivity contribution in [1.29, 1.82) is 0 Å². The number of rotatable bonds is 5. The summed E-state index contributed by atoms with van der Waals surface area (Å²) < 4.78 is 4.89. The van der Waals surface area contributed by atoms with Crippen molar-refractivity contribution in [2.45, 2.75) is 96.9 Å². The van der Waals surface area contributed by atoms with E-state index in [1.54, 1.807) is 0 Å². The predicted molar refractivity (Wildman–Crippen MR) is 119 cm³/mol. The van der Waals surface area contributed by atoms with E-state index in [0.29, 0.717) is 36.0 Å². The minimum absolute atomic E-state index is 0.101. The van der Waals surface area contributed by atoms with Crippen LogP contribution in [-0.4, -0.2) is 39.6 Å². The molecule has 4 aliphatic carbocycles. The summed E-state index contributed by atoms with van der Waals surface area (Å²) in [6.45, 7) is 10.3. The lowest BCUT2D eigenvalue weighted by Crippen LogP contribution is -2.62. The van der Waals surface area contributed by atoms with Crippen molar-refractivity contribution in [2.24, 2.45) is 46.3 Å². The average molecular weight is 435 g/mol. The minimum Gasteiger partial charge on any atom is -0.435 e. The van der Waals surface area contributed by atoms with Crippen molar-refractivity contribution in [2.75, 3.05) is 0 Å². The summed E-state index contributed by atoms with van der Waals surface area (Å²) in [6, 6.07) is 0. The van der Waals surface area contributed by atoms with E-state index in [9.17, 15) is 20.1 Å². The maximum atomic E-state index is 11.8. The summed E-state index contributed by atoms with van der Waals surface area (Å²) in [4.78, 5) is 11.8. The van der Waals surface area contributed by atoms with Crippen LogP contribution < -0.4 is 0 Å². The van der Waals surface area contributed by atoms with Crippen LogP contribution in [0.1, 0.15) is 78.6 Å². The number of fused-ring (bicyclic) bond motifs is 5. The van der Waals surface area contributed by atoms with Crippen molar-refractivity contribution < 1.29 is 24.9 Å². The first-order valence-electron chi connectivity index (χ1n) is 12.5. The summed E-state index contributed by atoms with van der Waals surface area (Å²) in [5.74, 6) is 1.62. The highest BCUT2D eigenvalue weighted by Gasteiger charge is 2.65. The van der Waals surface area contributed by atoms with Gasteiger partial charge < -0.3 is 20.1 Å². The molecule has 4 saturated carbocycles. The van der Waals surface area contributed by atoms with Gasteiger partial charge in [-0.2, -0.15) is 0 Å². The molecule has 0 aromatic heterocycles. The topological polar surface area (TPSA) is 87.0 Å². The average Bonchev–Trinajstić information content (AvgIpc) is 3.07. The molecule has 4 rings (SSSR count). The van der Waals surface area contributed by atoms with Gasteiger partial charge >= 0.3 is 5.97 Å². The van der Waals surface area contributed by atoms with Crippen LogP contribution in [0.3, 0.4) is 0 Å². The lowest BCUT2D eigenvalue weighted by molar-refractivity contribution is -0.207. The molecule has 11 unspecified atom stereocenters. The molecular weight excluding hydrogens is 392 g/mol. The molecule has 0 spiro atoms. The molecule has 3 N–H and O–H groups in total. The van der Waals surface area contributed by atoms with E-state index < -0.39 is 0 Å². The van der Waals surface area contributed by atoms with Crippen LogP contribution in [0.2, 0.25) is 0 Å². The molecule has 5 nitrogen and oxygen atoms in total. The third kappa shape index (κ3) is 3.69. The van der Waals surface area contributed by atoms with Gasteiger partial charge in [-0.25, -0.2) is 0 Å². The van der Waals surface area contributed by atoms with Gasteiger partial charge in [0.1, 0.15) is 0 Å². The van der Waals surface area contributed by atoms with Crippen LogP contribution >= 0.6 is 0 Å².